The monoisotopic (exact) mass is 338 g/mol. The van der Waals surface area contributed by atoms with Crippen LogP contribution in [0.1, 0.15) is 11.1 Å². The number of hydrogen-bond donors (Lipinski definition) is 0. The van der Waals surface area contributed by atoms with E-state index in [1.165, 1.54) is 21.8 Å². The molecule has 0 N–H and O–H groups in total. The Morgan fingerprint density at radius 2 is 1.84 bits per heavy atom. The Kier molecular flexibility index (Phi) is 5.48. The van der Waals surface area contributed by atoms with Gasteiger partial charge in [-0.1, -0.05) is 48.5 Å². The average molecular weight is 338 g/mol. The number of hydroxylamine groups is 2. The lowest BCUT2D eigenvalue weighted by atomic mass is 9.97. The number of benzene rings is 2. The van der Waals surface area contributed by atoms with E-state index in [0.29, 0.717) is 12.5 Å². The topological polar surface area (TPSA) is 43.3 Å². The van der Waals surface area contributed by atoms with Gasteiger partial charge in [0.05, 0.1) is 20.8 Å². The molecule has 1 atom stereocenters. The summed E-state index contributed by atoms with van der Waals surface area (Å²) < 4.78 is 11.2. The van der Waals surface area contributed by atoms with Gasteiger partial charge in [0.1, 0.15) is 0 Å². The van der Waals surface area contributed by atoms with Gasteiger partial charge in [-0.25, -0.2) is 4.99 Å². The summed E-state index contributed by atoms with van der Waals surface area (Å²) in [5.74, 6) is 0.553. The molecule has 0 spiro atoms. The minimum Gasteiger partial charge on any atom is -0.481 e. The number of rotatable bonds is 6. The maximum absolute atomic E-state index is 5.96. The van der Waals surface area contributed by atoms with Crippen LogP contribution in [0, 0.1) is 6.92 Å². The first kappa shape index (κ1) is 17.2. The van der Waals surface area contributed by atoms with Crippen molar-refractivity contribution in [2.24, 2.45) is 4.99 Å². The van der Waals surface area contributed by atoms with Crippen molar-refractivity contribution in [3.63, 3.8) is 0 Å². The number of ether oxygens (including phenoxy) is 2. The third-order valence-electron chi connectivity index (χ3n) is 4.17. The predicted octanol–water partition coefficient (Wildman–Crippen LogP) is 3.90. The molecule has 2 aromatic carbocycles. The molecule has 0 saturated carbocycles. The van der Waals surface area contributed by atoms with E-state index in [1.54, 1.807) is 26.5 Å². The van der Waals surface area contributed by atoms with Crippen LogP contribution in [0.3, 0.4) is 0 Å². The molecule has 25 heavy (non-hydrogen) atoms. The van der Waals surface area contributed by atoms with Crippen LogP contribution in [-0.2, 0) is 20.9 Å². The Labute approximate surface area is 148 Å². The molecular weight excluding hydrogens is 316 g/mol. The van der Waals surface area contributed by atoms with Crippen LogP contribution in [0.5, 0.6) is 0 Å². The standard InChI is InChI=1S/C20H22N2O3/c1-15-17(10-7-11-18(15)16-8-5-4-6-9-16)14-25-20-21-13-12-19(23-2)22(20)24-3/h4-13,20H,14H2,1-3H3. The molecule has 1 aliphatic rings. The van der Waals surface area contributed by atoms with Gasteiger partial charge < -0.3 is 9.47 Å². The first-order chi connectivity index (χ1) is 12.2. The molecule has 0 fully saturated rings. The highest BCUT2D eigenvalue weighted by Gasteiger charge is 2.24. The van der Waals surface area contributed by atoms with Crippen molar-refractivity contribution in [3.8, 4) is 11.1 Å². The van der Waals surface area contributed by atoms with Crippen LogP contribution < -0.4 is 0 Å². The lowest BCUT2D eigenvalue weighted by Crippen LogP contribution is -2.37. The summed E-state index contributed by atoms with van der Waals surface area (Å²) in [6.07, 6.45) is 2.81. The summed E-state index contributed by atoms with van der Waals surface area (Å²) in [5, 5.41) is 1.50. The molecule has 0 aliphatic carbocycles. The maximum Gasteiger partial charge on any atom is 0.254 e. The van der Waals surface area contributed by atoms with Crippen LogP contribution in [-0.4, -0.2) is 31.8 Å². The quantitative estimate of drug-likeness (QED) is 0.801. The van der Waals surface area contributed by atoms with E-state index in [2.05, 4.69) is 36.2 Å². The van der Waals surface area contributed by atoms with Crippen molar-refractivity contribution < 1.29 is 14.3 Å². The zero-order valence-corrected chi connectivity index (χ0v) is 14.7. The normalized spacial score (nSPS) is 16.7. The number of nitrogens with zero attached hydrogens (tertiary/aromatic N) is 2. The van der Waals surface area contributed by atoms with E-state index >= 15 is 0 Å². The molecule has 1 unspecified atom stereocenters. The van der Waals surface area contributed by atoms with Gasteiger partial charge in [-0.2, -0.15) is 5.06 Å². The Hall–Kier alpha value is -2.63. The van der Waals surface area contributed by atoms with Crippen LogP contribution in [0.25, 0.3) is 11.1 Å². The van der Waals surface area contributed by atoms with Gasteiger partial charge in [0.25, 0.3) is 6.35 Å². The lowest BCUT2D eigenvalue weighted by molar-refractivity contribution is -0.237. The van der Waals surface area contributed by atoms with E-state index in [-0.39, 0.29) is 0 Å². The molecule has 0 aromatic heterocycles. The number of hydrogen-bond acceptors (Lipinski definition) is 5. The lowest BCUT2D eigenvalue weighted by Gasteiger charge is -2.30. The number of allylic oxidation sites excluding steroid dienone is 1. The molecule has 5 nitrogen and oxygen atoms in total. The summed E-state index contributed by atoms with van der Waals surface area (Å²) in [6.45, 7) is 2.53. The summed E-state index contributed by atoms with van der Waals surface area (Å²) in [4.78, 5) is 9.62. The highest BCUT2D eigenvalue weighted by molar-refractivity contribution is 5.72. The summed E-state index contributed by atoms with van der Waals surface area (Å²) in [7, 11) is 3.15. The molecule has 1 aliphatic heterocycles. The molecule has 2 aromatic rings. The summed E-state index contributed by atoms with van der Waals surface area (Å²) >= 11 is 0. The van der Waals surface area contributed by atoms with Gasteiger partial charge in [0, 0.05) is 12.3 Å². The van der Waals surface area contributed by atoms with Crippen LogP contribution in [0.15, 0.2) is 65.5 Å². The van der Waals surface area contributed by atoms with E-state index in [9.17, 15) is 0 Å². The van der Waals surface area contributed by atoms with Gasteiger partial charge in [-0.3, -0.25) is 4.84 Å². The van der Waals surface area contributed by atoms with Crippen molar-refractivity contribution in [1.29, 1.82) is 0 Å². The molecule has 3 rings (SSSR count). The highest BCUT2D eigenvalue weighted by Crippen LogP contribution is 2.26. The minimum absolute atomic E-state index is 0.422. The van der Waals surface area contributed by atoms with Gasteiger partial charge in [-0.15, -0.1) is 0 Å². The summed E-state index contributed by atoms with van der Waals surface area (Å²) in [5.41, 5.74) is 4.71. The third-order valence-corrected chi connectivity index (χ3v) is 4.17. The summed E-state index contributed by atoms with van der Waals surface area (Å²) in [6, 6.07) is 16.6. The fourth-order valence-electron chi connectivity index (χ4n) is 2.81. The Balaban J connectivity index is 1.76. The molecule has 130 valence electrons. The Morgan fingerprint density at radius 3 is 2.56 bits per heavy atom. The molecule has 1 heterocycles. The predicted molar refractivity (Wildman–Crippen MR) is 97.6 cm³/mol. The first-order valence-electron chi connectivity index (χ1n) is 8.11. The zero-order valence-electron chi connectivity index (χ0n) is 14.7. The third kappa shape index (κ3) is 3.73. The SMILES string of the molecule is COC1=CC=NC(OCc2cccc(-c3ccccc3)c2C)N1OC. The number of methoxy groups -OCH3 is 1. The molecule has 0 amide bonds. The second-order valence-electron chi connectivity index (χ2n) is 5.61. The van der Waals surface area contributed by atoms with Crippen LogP contribution in [0.4, 0.5) is 0 Å². The maximum atomic E-state index is 5.96. The van der Waals surface area contributed by atoms with Crippen molar-refractivity contribution in [3.05, 3.63) is 71.6 Å². The zero-order chi connectivity index (χ0) is 17.6. The Bertz CT molecular complexity index is 772. The van der Waals surface area contributed by atoms with Gasteiger partial charge >= 0.3 is 0 Å². The largest absolute Gasteiger partial charge is 0.481 e. The second kappa shape index (κ2) is 7.96. The minimum atomic E-state index is -0.579. The fraction of sp³-hybridized carbons (Fsp3) is 0.250. The van der Waals surface area contributed by atoms with E-state index in [0.717, 1.165) is 5.56 Å². The average Bonchev–Trinajstić information content (AvgIpc) is 2.67. The van der Waals surface area contributed by atoms with Crippen molar-refractivity contribution in [1.82, 2.24) is 5.06 Å². The van der Waals surface area contributed by atoms with Gasteiger partial charge in [0.2, 0.25) is 5.88 Å². The molecule has 0 radical (unpaired) electrons. The molecule has 0 bridgehead atoms. The smallest absolute Gasteiger partial charge is 0.254 e. The molecule has 5 heteroatoms. The van der Waals surface area contributed by atoms with Crippen molar-refractivity contribution >= 4 is 6.21 Å². The molecular formula is C20H22N2O3. The van der Waals surface area contributed by atoms with Crippen molar-refractivity contribution in [2.75, 3.05) is 14.2 Å². The number of aliphatic imine (C=N–C) groups is 1. The second-order valence-corrected chi connectivity index (χ2v) is 5.61. The van der Waals surface area contributed by atoms with Crippen LogP contribution >= 0.6 is 0 Å². The van der Waals surface area contributed by atoms with Gasteiger partial charge in [-0.05, 0) is 29.2 Å². The van der Waals surface area contributed by atoms with E-state index in [4.69, 9.17) is 14.3 Å². The van der Waals surface area contributed by atoms with Crippen LogP contribution in [0.2, 0.25) is 0 Å². The fourth-order valence-corrected chi connectivity index (χ4v) is 2.81. The first-order valence-corrected chi connectivity index (χ1v) is 8.11. The van der Waals surface area contributed by atoms with E-state index in [1.807, 2.05) is 24.3 Å². The van der Waals surface area contributed by atoms with E-state index < -0.39 is 6.35 Å². The van der Waals surface area contributed by atoms with Crippen molar-refractivity contribution in [2.45, 2.75) is 19.9 Å². The highest BCUT2D eigenvalue weighted by atomic mass is 16.7. The van der Waals surface area contributed by atoms with Gasteiger partial charge in [0.15, 0.2) is 0 Å². The molecule has 0 saturated heterocycles. The Morgan fingerprint density at radius 1 is 1.04 bits per heavy atom.